The van der Waals surface area contributed by atoms with Crippen molar-refractivity contribution in [3.8, 4) is 5.75 Å². The number of methoxy groups -OCH3 is 1. The molecular weight excluding hydrogens is 319 g/mol. The van der Waals surface area contributed by atoms with Crippen molar-refractivity contribution in [2.24, 2.45) is 0 Å². The molecule has 0 N–H and O–H groups in total. The van der Waals surface area contributed by atoms with Gasteiger partial charge in [-0.3, -0.25) is 9.69 Å². The predicted molar refractivity (Wildman–Crippen MR) is 95.2 cm³/mol. The lowest BCUT2D eigenvalue weighted by atomic mass is 10.2. The fraction of sp³-hybridized carbons (Fsp3) is 0.350. The molecule has 1 aliphatic rings. The molecule has 0 radical (unpaired) electrons. The van der Waals surface area contributed by atoms with Crippen molar-refractivity contribution in [1.82, 2.24) is 9.80 Å². The molecule has 3 rings (SSSR count). The van der Waals surface area contributed by atoms with Crippen LogP contribution in [-0.2, 0) is 6.54 Å². The molecule has 1 amide bonds. The lowest BCUT2D eigenvalue weighted by Crippen LogP contribution is -2.35. The van der Waals surface area contributed by atoms with Crippen LogP contribution in [0.15, 0.2) is 48.5 Å². The van der Waals surface area contributed by atoms with Crippen LogP contribution in [0.3, 0.4) is 0 Å². The molecule has 1 fully saturated rings. The SMILES string of the molecule is COc1ccc(C(=O)N2CCCN(Cc3ccc(F)cc3)CC2)cc1. The zero-order valence-electron chi connectivity index (χ0n) is 14.5. The van der Waals surface area contributed by atoms with Crippen LogP contribution >= 0.6 is 0 Å². The van der Waals surface area contributed by atoms with Crippen molar-refractivity contribution >= 4 is 5.91 Å². The van der Waals surface area contributed by atoms with Crippen molar-refractivity contribution in [3.05, 3.63) is 65.5 Å². The molecule has 0 spiro atoms. The summed E-state index contributed by atoms with van der Waals surface area (Å²) in [6, 6.07) is 13.9. The van der Waals surface area contributed by atoms with Gasteiger partial charge in [0.1, 0.15) is 11.6 Å². The number of benzene rings is 2. The van der Waals surface area contributed by atoms with E-state index in [-0.39, 0.29) is 11.7 Å². The van der Waals surface area contributed by atoms with E-state index in [1.54, 1.807) is 7.11 Å². The highest BCUT2D eigenvalue weighted by Crippen LogP contribution is 2.15. The second-order valence-electron chi connectivity index (χ2n) is 6.28. The number of nitrogens with zero attached hydrogens (tertiary/aromatic N) is 2. The summed E-state index contributed by atoms with van der Waals surface area (Å²) in [6.07, 6.45) is 0.934. The van der Waals surface area contributed by atoms with Gasteiger partial charge in [-0.05, 0) is 48.4 Å². The summed E-state index contributed by atoms with van der Waals surface area (Å²) < 4.78 is 18.2. The van der Waals surface area contributed by atoms with Gasteiger partial charge in [-0.2, -0.15) is 0 Å². The highest BCUT2D eigenvalue weighted by Gasteiger charge is 2.20. The number of amides is 1. The number of hydrogen-bond acceptors (Lipinski definition) is 3. The molecule has 0 aliphatic carbocycles. The minimum absolute atomic E-state index is 0.0614. The topological polar surface area (TPSA) is 32.8 Å². The molecule has 4 nitrogen and oxygen atoms in total. The van der Waals surface area contributed by atoms with Gasteiger partial charge in [-0.15, -0.1) is 0 Å². The van der Waals surface area contributed by atoms with Gasteiger partial charge in [0.25, 0.3) is 5.91 Å². The Morgan fingerprint density at radius 1 is 1.00 bits per heavy atom. The maximum atomic E-state index is 13.0. The van der Waals surface area contributed by atoms with E-state index in [0.717, 1.165) is 43.9 Å². The van der Waals surface area contributed by atoms with Gasteiger partial charge >= 0.3 is 0 Å². The third-order valence-electron chi connectivity index (χ3n) is 4.53. The van der Waals surface area contributed by atoms with Gasteiger partial charge in [-0.1, -0.05) is 12.1 Å². The lowest BCUT2D eigenvalue weighted by Gasteiger charge is -2.22. The predicted octanol–water partition coefficient (Wildman–Crippen LogP) is 3.18. The minimum Gasteiger partial charge on any atom is -0.497 e. The minimum atomic E-state index is -0.212. The smallest absolute Gasteiger partial charge is 0.253 e. The molecule has 0 unspecified atom stereocenters. The van der Waals surface area contributed by atoms with E-state index in [0.29, 0.717) is 12.1 Å². The van der Waals surface area contributed by atoms with Crippen molar-refractivity contribution in [2.45, 2.75) is 13.0 Å². The van der Waals surface area contributed by atoms with Crippen LogP contribution < -0.4 is 4.74 Å². The van der Waals surface area contributed by atoms with Crippen molar-refractivity contribution in [3.63, 3.8) is 0 Å². The maximum Gasteiger partial charge on any atom is 0.253 e. The standard InChI is InChI=1S/C20H23FN2O2/c1-25-19-9-5-17(6-10-19)20(24)23-12-2-11-22(13-14-23)15-16-3-7-18(21)8-4-16/h3-10H,2,11-15H2,1H3. The average Bonchev–Trinajstić information content (AvgIpc) is 2.89. The molecule has 1 saturated heterocycles. The van der Waals surface area contributed by atoms with Crippen LogP contribution in [0.2, 0.25) is 0 Å². The number of carbonyl (C=O) groups is 1. The monoisotopic (exact) mass is 342 g/mol. The highest BCUT2D eigenvalue weighted by atomic mass is 19.1. The van der Waals surface area contributed by atoms with Crippen LogP contribution in [0.5, 0.6) is 5.75 Å². The summed E-state index contributed by atoms with van der Waals surface area (Å²) in [6.45, 7) is 3.99. The quantitative estimate of drug-likeness (QED) is 0.855. The second-order valence-corrected chi connectivity index (χ2v) is 6.28. The van der Waals surface area contributed by atoms with Crippen LogP contribution in [0, 0.1) is 5.82 Å². The molecule has 0 bridgehead atoms. The molecule has 0 aromatic heterocycles. The Morgan fingerprint density at radius 3 is 2.40 bits per heavy atom. The largest absolute Gasteiger partial charge is 0.497 e. The number of ether oxygens (including phenoxy) is 1. The van der Waals surface area contributed by atoms with Crippen LogP contribution in [0.1, 0.15) is 22.3 Å². The van der Waals surface area contributed by atoms with Gasteiger partial charge in [-0.25, -0.2) is 4.39 Å². The molecule has 1 heterocycles. The highest BCUT2D eigenvalue weighted by molar-refractivity contribution is 5.94. The number of rotatable bonds is 4. The first-order valence-electron chi connectivity index (χ1n) is 8.56. The first-order chi connectivity index (χ1) is 12.2. The van der Waals surface area contributed by atoms with Crippen LogP contribution in [0.4, 0.5) is 4.39 Å². The van der Waals surface area contributed by atoms with E-state index in [1.807, 2.05) is 41.3 Å². The van der Waals surface area contributed by atoms with Crippen LogP contribution in [0.25, 0.3) is 0 Å². The Morgan fingerprint density at radius 2 is 1.72 bits per heavy atom. The third-order valence-corrected chi connectivity index (χ3v) is 4.53. The fourth-order valence-electron chi connectivity index (χ4n) is 3.10. The van der Waals surface area contributed by atoms with E-state index < -0.39 is 0 Å². The van der Waals surface area contributed by atoms with Crippen molar-refractivity contribution in [1.29, 1.82) is 0 Å². The third kappa shape index (κ3) is 4.57. The van der Waals surface area contributed by atoms with E-state index in [1.165, 1.54) is 12.1 Å². The summed E-state index contributed by atoms with van der Waals surface area (Å²) in [7, 11) is 1.61. The Hall–Kier alpha value is -2.40. The lowest BCUT2D eigenvalue weighted by molar-refractivity contribution is 0.0761. The van der Waals surface area contributed by atoms with Gasteiger partial charge in [0.05, 0.1) is 7.11 Å². The van der Waals surface area contributed by atoms with Crippen molar-refractivity contribution in [2.75, 3.05) is 33.3 Å². The number of carbonyl (C=O) groups excluding carboxylic acids is 1. The molecule has 2 aromatic rings. The van der Waals surface area contributed by atoms with E-state index in [2.05, 4.69) is 4.90 Å². The summed E-state index contributed by atoms with van der Waals surface area (Å²) in [5.74, 6) is 0.597. The molecule has 132 valence electrons. The zero-order valence-corrected chi connectivity index (χ0v) is 14.5. The second kappa shape index (κ2) is 8.12. The molecule has 1 aliphatic heterocycles. The van der Waals surface area contributed by atoms with Gasteiger partial charge in [0.15, 0.2) is 0 Å². The van der Waals surface area contributed by atoms with Crippen molar-refractivity contribution < 1.29 is 13.9 Å². The van der Waals surface area contributed by atoms with Gasteiger partial charge in [0.2, 0.25) is 0 Å². The van der Waals surface area contributed by atoms with Crippen LogP contribution in [-0.4, -0.2) is 49.0 Å². The molecular formula is C20H23FN2O2. The normalized spacial score (nSPS) is 15.7. The Kier molecular flexibility index (Phi) is 5.66. The average molecular weight is 342 g/mol. The summed E-state index contributed by atoms with van der Waals surface area (Å²) in [5, 5.41) is 0. The zero-order chi connectivity index (χ0) is 17.6. The molecule has 0 saturated carbocycles. The molecule has 5 heteroatoms. The maximum absolute atomic E-state index is 13.0. The van der Waals surface area contributed by atoms with E-state index in [9.17, 15) is 9.18 Å². The van der Waals surface area contributed by atoms with Gasteiger partial charge in [0, 0.05) is 38.3 Å². The molecule has 25 heavy (non-hydrogen) atoms. The first-order valence-corrected chi connectivity index (χ1v) is 8.56. The Labute approximate surface area is 147 Å². The van der Waals surface area contributed by atoms with E-state index >= 15 is 0 Å². The van der Waals surface area contributed by atoms with E-state index in [4.69, 9.17) is 4.74 Å². The number of hydrogen-bond donors (Lipinski definition) is 0. The summed E-state index contributed by atoms with van der Waals surface area (Å²) >= 11 is 0. The summed E-state index contributed by atoms with van der Waals surface area (Å²) in [5.41, 5.74) is 1.78. The number of halogens is 1. The first kappa shape index (κ1) is 17.4. The molecule has 0 atom stereocenters. The molecule has 2 aromatic carbocycles. The Bertz CT molecular complexity index is 701. The summed E-state index contributed by atoms with van der Waals surface area (Å²) in [4.78, 5) is 16.9. The fourth-order valence-corrected chi connectivity index (χ4v) is 3.10. The van der Waals surface area contributed by atoms with Gasteiger partial charge < -0.3 is 9.64 Å². The Balaban J connectivity index is 1.58.